The molecule has 2 fully saturated rings. The first-order chi connectivity index (χ1) is 10.1. The number of nitrogens with one attached hydrogen (secondary N) is 1. The summed E-state index contributed by atoms with van der Waals surface area (Å²) < 4.78 is 31.7. The normalized spacial score (nSPS) is 20.5. The molecule has 0 spiro atoms. The highest BCUT2D eigenvalue weighted by Gasteiger charge is 2.37. The number of piperidine rings is 1. The van der Waals surface area contributed by atoms with Gasteiger partial charge in [-0.3, -0.25) is 0 Å². The molecule has 0 radical (unpaired) electrons. The Morgan fingerprint density at radius 3 is 2.33 bits per heavy atom. The molecule has 1 aliphatic heterocycles. The van der Waals surface area contributed by atoms with E-state index in [1.54, 1.807) is 19.5 Å². The number of rotatable bonds is 5. The summed E-state index contributed by atoms with van der Waals surface area (Å²) in [6.45, 7) is 1.51. The largest absolute Gasteiger partial charge is 0.494 e. The second-order valence-electron chi connectivity index (χ2n) is 5.55. The summed E-state index contributed by atoms with van der Waals surface area (Å²) >= 11 is 0. The van der Waals surface area contributed by atoms with E-state index in [1.807, 2.05) is 0 Å². The van der Waals surface area contributed by atoms with Crippen LogP contribution in [-0.2, 0) is 10.0 Å². The lowest BCUT2D eigenvalue weighted by Gasteiger charge is -2.32. The highest BCUT2D eigenvalue weighted by Crippen LogP contribution is 2.28. The van der Waals surface area contributed by atoms with Crippen LogP contribution in [0.4, 0.5) is 5.95 Å². The number of anilines is 1. The van der Waals surface area contributed by atoms with Crippen LogP contribution in [0.3, 0.4) is 0 Å². The summed E-state index contributed by atoms with van der Waals surface area (Å²) in [5.74, 6) is 1.30. The lowest BCUT2D eigenvalue weighted by Crippen LogP contribution is -2.46. The molecular weight excluding hydrogens is 292 g/mol. The van der Waals surface area contributed by atoms with E-state index in [0.29, 0.717) is 11.7 Å². The molecule has 0 unspecified atom stereocenters. The number of hydrogen-bond donors (Lipinski definition) is 1. The zero-order chi connectivity index (χ0) is 14.9. The number of methoxy groups -OCH3 is 1. The smallest absolute Gasteiger partial charge is 0.225 e. The predicted molar refractivity (Wildman–Crippen MR) is 78.9 cm³/mol. The molecule has 21 heavy (non-hydrogen) atoms. The number of ether oxygens (including phenoxy) is 1. The Hall–Kier alpha value is -1.41. The molecule has 1 aromatic heterocycles. The van der Waals surface area contributed by atoms with Gasteiger partial charge < -0.3 is 9.64 Å². The molecule has 1 N–H and O–H groups in total. The summed E-state index contributed by atoms with van der Waals surface area (Å²) in [5.41, 5.74) is 0. The maximum Gasteiger partial charge on any atom is 0.225 e. The summed E-state index contributed by atoms with van der Waals surface area (Å²) in [5, 5.41) is -0.152. The zero-order valence-electron chi connectivity index (χ0n) is 12.0. The summed E-state index contributed by atoms with van der Waals surface area (Å²) in [4.78, 5) is 10.6. The average molecular weight is 312 g/mol. The van der Waals surface area contributed by atoms with Crippen LogP contribution in [0.1, 0.15) is 25.7 Å². The molecular formula is C13H20N4O3S. The van der Waals surface area contributed by atoms with Gasteiger partial charge >= 0.3 is 0 Å². The fraction of sp³-hybridized carbons (Fsp3) is 0.692. The second-order valence-corrected chi connectivity index (χ2v) is 7.54. The summed E-state index contributed by atoms with van der Waals surface area (Å²) in [6, 6.07) is 0.0325. The van der Waals surface area contributed by atoms with Crippen LogP contribution < -0.4 is 14.4 Å². The molecule has 1 aromatic rings. The summed E-state index contributed by atoms with van der Waals surface area (Å²) in [7, 11) is -1.51. The summed E-state index contributed by atoms with van der Waals surface area (Å²) in [6.07, 6.45) is 6.44. The molecule has 2 aliphatic rings. The quantitative estimate of drug-likeness (QED) is 0.854. The fourth-order valence-electron chi connectivity index (χ4n) is 2.48. The van der Waals surface area contributed by atoms with E-state index in [-0.39, 0.29) is 11.3 Å². The van der Waals surface area contributed by atoms with Crippen molar-refractivity contribution in [1.29, 1.82) is 0 Å². The molecule has 1 saturated carbocycles. The minimum atomic E-state index is -3.09. The van der Waals surface area contributed by atoms with Gasteiger partial charge in [0.2, 0.25) is 16.0 Å². The SMILES string of the molecule is COc1cnc(N2CCC(NS(=O)(=O)C3CC3)CC2)nc1. The molecule has 1 aliphatic carbocycles. The van der Waals surface area contributed by atoms with E-state index in [9.17, 15) is 8.42 Å². The van der Waals surface area contributed by atoms with Crippen LogP contribution >= 0.6 is 0 Å². The maximum absolute atomic E-state index is 11.9. The Bertz CT molecular complexity index is 578. The van der Waals surface area contributed by atoms with Gasteiger partial charge in [-0.05, 0) is 25.7 Å². The van der Waals surface area contributed by atoms with Crippen molar-refractivity contribution in [2.75, 3.05) is 25.1 Å². The molecule has 116 valence electrons. The van der Waals surface area contributed by atoms with Gasteiger partial charge in [-0.1, -0.05) is 0 Å². The maximum atomic E-state index is 11.9. The molecule has 8 heteroatoms. The topological polar surface area (TPSA) is 84.4 Å². The van der Waals surface area contributed by atoms with Gasteiger partial charge in [-0.15, -0.1) is 0 Å². The van der Waals surface area contributed by atoms with Crippen molar-refractivity contribution < 1.29 is 13.2 Å². The van der Waals surface area contributed by atoms with Crippen molar-refractivity contribution in [3.63, 3.8) is 0 Å². The number of aromatic nitrogens is 2. The van der Waals surface area contributed by atoms with Crippen molar-refractivity contribution in [3.8, 4) is 5.75 Å². The van der Waals surface area contributed by atoms with Crippen LogP contribution in [-0.4, -0.2) is 49.9 Å². The second kappa shape index (κ2) is 5.76. The minimum absolute atomic E-state index is 0.0325. The van der Waals surface area contributed by atoms with Gasteiger partial charge in [0.25, 0.3) is 0 Å². The van der Waals surface area contributed by atoms with E-state index in [1.165, 1.54) is 0 Å². The molecule has 0 atom stereocenters. The van der Waals surface area contributed by atoms with Crippen molar-refractivity contribution in [2.24, 2.45) is 0 Å². The first-order valence-electron chi connectivity index (χ1n) is 7.20. The Morgan fingerprint density at radius 2 is 1.81 bits per heavy atom. The molecule has 2 heterocycles. The van der Waals surface area contributed by atoms with Gasteiger partial charge in [-0.2, -0.15) is 0 Å². The van der Waals surface area contributed by atoms with Crippen LogP contribution in [0.15, 0.2) is 12.4 Å². The lowest BCUT2D eigenvalue weighted by atomic mass is 10.1. The van der Waals surface area contributed by atoms with E-state index >= 15 is 0 Å². The Balaban J connectivity index is 1.54. The fourth-order valence-corrected chi connectivity index (χ4v) is 4.13. The Morgan fingerprint density at radius 1 is 1.19 bits per heavy atom. The van der Waals surface area contributed by atoms with Gasteiger partial charge in [-0.25, -0.2) is 23.1 Å². The molecule has 1 saturated heterocycles. The van der Waals surface area contributed by atoms with Crippen LogP contribution in [0, 0.1) is 0 Å². The Kier molecular flexibility index (Phi) is 3.99. The van der Waals surface area contributed by atoms with Crippen molar-refractivity contribution >= 4 is 16.0 Å². The van der Waals surface area contributed by atoms with Gasteiger partial charge in [0.15, 0.2) is 5.75 Å². The third-order valence-corrected chi connectivity index (χ3v) is 5.93. The highest BCUT2D eigenvalue weighted by atomic mass is 32.2. The van der Waals surface area contributed by atoms with Gasteiger partial charge in [0.1, 0.15) is 0 Å². The Labute approximate surface area is 124 Å². The van der Waals surface area contributed by atoms with Crippen molar-refractivity contribution in [2.45, 2.75) is 37.0 Å². The van der Waals surface area contributed by atoms with Gasteiger partial charge in [0, 0.05) is 19.1 Å². The minimum Gasteiger partial charge on any atom is -0.494 e. The van der Waals surface area contributed by atoms with E-state index in [2.05, 4.69) is 19.6 Å². The average Bonchev–Trinajstić information content (AvgIpc) is 3.33. The van der Waals surface area contributed by atoms with E-state index in [4.69, 9.17) is 4.74 Å². The lowest BCUT2D eigenvalue weighted by molar-refractivity contribution is 0.409. The van der Waals surface area contributed by atoms with E-state index < -0.39 is 10.0 Å². The van der Waals surface area contributed by atoms with Gasteiger partial charge in [0.05, 0.1) is 24.8 Å². The first-order valence-corrected chi connectivity index (χ1v) is 8.75. The molecule has 0 bridgehead atoms. The number of sulfonamides is 1. The monoisotopic (exact) mass is 312 g/mol. The molecule has 3 rings (SSSR count). The first kappa shape index (κ1) is 14.5. The standard InChI is InChI=1S/C13H20N4O3S/c1-20-11-8-14-13(15-9-11)17-6-4-10(5-7-17)16-21(18,19)12-2-3-12/h8-10,12,16H,2-7H2,1H3. The highest BCUT2D eigenvalue weighted by molar-refractivity contribution is 7.90. The molecule has 0 aromatic carbocycles. The number of hydrogen-bond acceptors (Lipinski definition) is 6. The van der Waals surface area contributed by atoms with Crippen LogP contribution in [0.25, 0.3) is 0 Å². The van der Waals surface area contributed by atoms with Crippen molar-refractivity contribution in [1.82, 2.24) is 14.7 Å². The predicted octanol–water partition coefficient (Wildman–Crippen LogP) is 0.536. The third-order valence-electron chi connectivity index (χ3n) is 3.92. The van der Waals surface area contributed by atoms with Crippen LogP contribution in [0.2, 0.25) is 0 Å². The molecule has 7 nitrogen and oxygen atoms in total. The van der Waals surface area contributed by atoms with Crippen molar-refractivity contribution in [3.05, 3.63) is 12.4 Å². The van der Waals surface area contributed by atoms with E-state index in [0.717, 1.165) is 38.8 Å². The molecule has 0 amide bonds. The zero-order valence-corrected chi connectivity index (χ0v) is 12.8. The number of nitrogens with zero attached hydrogens (tertiary/aromatic N) is 3. The van der Waals surface area contributed by atoms with Crippen LogP contribution in [0.5, 0.6) is 5.75 Å². The third kappa shape index (κ3) is 3.44.